The lowest BCUT2D eigenvalue weighted by molar-refractivity contribution is 0.0662. The summed E-state index contributed by atoms with van der Waals surface area (Å²) in [6, 6.07) is 11.1. The van der Waals surface area contributed by atoms with Crippen molar-refractivity contribution in [2.45, 2.75) is 19.3 Å². The largest absolute Gasteiger partial charge is 0.449 e. The van der Waals surface area contributed by atoms with Crippen molar-refractivity contribution in [3.05, 3.63) is 66.4 Å². The van der Waals surface area contributed by atoms with E-state index in [0.717, 1.165) is 35.7 Å². The minimum Gasteiger partial charge on any atom is -0.449 e. The molecular formula is C25H23N5O3. The molecule has 1 spiro atoms. The van der Waals surface area contributed by atoms with Gasteiger partial charge in [-0.2, -0.15) is 0 Å². The van der Waals surface area contributed by atoms with E-state index in [1.807, 2.05) is 35.2 Å². The van der Waals surface area contributed by atoms with Crippen LogP contribution in [0.25, 0.3) is 22.0 Å². The number of carbonyl (C=O) groups is 2. The maximum Gasteiger partial charge on any atom is 0.287 e. The Morgan fingerprint density at radius 2 is 1.94 bits per heavy atom. The van der Waals surface area contributed by atoms with Crippen molar-refractivity contribution in [1.29, 1.82) is 0 Å². The topological polar surface area (TPSA) is 101 Å². The molecule has 0 radical (unpaired) electrons. The van der Waals surface area contributed by atoms with Crippen molar-refractivity contribution >= 4 is 33.8 Å². The summed E-state index contributed by atoms with van der Waals surface area (Å²) in [5.41, 5.74) is 2.74. The summed E-state index contributed by atoms with van der Waals surface area (Å²) in [6.07, 6.45) is 7.82. The Bertz CT molecular complexity index is 1340. The van der Waals surface area contributed by atoms with Gasteiger partial charge in [-0.05, 0) is 54.9 Å². The summed E-state index contributed by atoms with van der Waals surface area (Å²) in [5, 5.41) is 3.89. The molecule has 1 saturated heterocycles. The van der Waals surface area contributed by atoms with Gasteiger partial charge in [0, 0.05) is 31.2 Å². The van der Waals surface area contributed by atoms with Crippen molar-refractivity contribution < 1.29 is 14.0 Å². The van der Waals surface area contributed by atoms with Crippen LogP contribution in [-0.2, 0) is 0 Å². The molecule has 2 fully saturated rings. The normalized spacial score (nSPS) is 19.2. The van der Waals surface area contributed by atoms with Crippen LogP contribution in [-0.4, -0.2) is 51.3 Å². The molecule has 1 saturated carbocycles. The Hall–Kier alpha value is -3.81. The summed E-state index contributed by atoms with van der Waals surface area (Å²) in [7, 11) is 0. The molecule has 6 rings (SSSR count). The Morgan fingerprint density at radius 3 is 2.76 bits per heavy atom. The molecule has 33 heavy (non-hydrogen) atoms. The lowest BCUT2D eigenvalue weighted by Crippen LogP contribution is -2.40. The zero-order valence-electron chi connectivity index (χ0n) is 18.0. The molecule has 4 aromatic rings. The van der Waals surface area contributed by atoms with E-state index in [2.05, 4.69) is 20.3 Å². The average Bonchev–Trinajstić information content (AvgIpc) is 3.33. The van der Waals surface area contributed by atoms with Crippen molar-refractivity contribution in [2.75, 3.05) is 19.6 Å². The maximum absolute atomic E-state index is 13.0. The number of para-hydroxylation sites is 2. The molecule has 1 aliphatic heterocycles. The number of hydrogen-bond acceptors (Lipinski definition) is 6. The number of pyridine rings is 1. The Kier molecular flexibility index (Phi) is 4.60. The highest BCUT2D eigenvalue weighted by Gasteiger charge is 2.54. The van der Waals surface area contributed by atoms with Gasteiger partial charge in [-0.1, -0.05) is 12.1 Å². The molecular weight excluding hydrogens is 418 g/mol. The van der Waals surface area contributed by atoms with Crippen LogP contribution < -0.4 is 5.32 Å². The Morgan fingerprint density at radius 1 is 1.12 bits per heavy atom. The summed E-state index contributed by atoms with van der Waals surface area (Å²) < 4.78 is 5.60. The summed E-state index contributed by atoms with van der Waals surface area (Å²) in [5.74, 6) is 0.485. The first-order chi connectivity index (χ1) is 16.1. The second-order valence-electron chi connectivity index (χ2n) is 9.03. The number of carbonyl (C=O) groups excluding carboxylic acids is 2. The van der Waals surface area contributed by atoms with E-state index in [4.69, 9.17) is 4.42 Å². The van der Waals surface area contributed by atoms with E-state index >= 15 is 0 Å². The lowest BCUT2D eigenvalue weighted by Gasteiger charge is -2.32. The quantitative estimate of drug-likeness (QED) is 0.521. The smallest absolute Gasteiger partial charge is 0.287 e. The third-order valence-electron chi connectivity index (χ3n) is 7.13. The predicted octanol–water partition coefficient (Wildman–Crippen LogP) is 3.44. The monoisotopic (exact) mass is 441 g/mol. The second kappa shape index (κ2) is 7.65. The number of nitrogens with zero attached hydrogens (tertiary/aromatic N) is 4. The number of rotatable bonds is 4. The van der Waals surface area contributed by atoms with Gasteiger partial charge in [-0.15, -0.1) is 0 Å². The Balaban J connectivity index is 1.04. The first-order valence-electron chi connectivity index (χ1n) is 11.2. The molecule has 4 heterocycles. The van der Waals surface area contributed by atoms with Gasteiger partial charge in [0.05, 0.1) is 23.4 Å². The molecule has 3 aromatic heterocycles. The number of piperidine rings is 1. The first kappa shape index (κ1) is 19.8. The molecule has 1 aliphatic carbocycles. The van der Waals surface area contributed by atoms with Crippen LogP contribution in [0.3, 0.4) is 0 Å². The fourth-order valence-corrected chi connectivity index (χ4v) is 5.01. The van der Waals surface area contributed by atoms with Gasteiger partial charge in [0.15, 0.2) is 11.3 Å². The fraction of sp³-hybridized carbons (Fsp3) is 0.320. The number of fused-ring (bicyclic) bond motifs is 2. The van der Waals surface area contributed by atoms with E-state index in [1.165, 1.54) is 0 Å². The average molecular weight is 441 g/mol. The van der Waals surface area contributed by atoms with Gasteiger partial charge in [0.2, 0.25) is 0 Å². The van der Waals surface area contributed by atoms with Gasteiger partial charge >= 0.3 is 0 Å². The molecule has 166 valence electrons. The molecule has 8 nitrogen and oxygen atoms in total. The van der Waals surface area contributed by atoms with Gasteiger partial charge in [0.1, 0.15) is 5.69 Å². The predicted molar refractivity (Wildman–Crippen MR) is 122 cm³/mol. The minimum absolute atomic E-state index is 0.0621. The molecule has 1 aromatic carbocycles. The van der Waals surface area contributed by atoms with Crippen LogP contribution in [0, 0.1) is 11.3 Å². The highest BCUT2D eigenvalue weighted by atomic mass is 16.3. The summed E-state index contributed by atoms with van der Waals surface area (Å²) >= 11 is 0. The summed E-state index contributed by atoms with van der Waals surface area (Å²) in [6.45, 7) is 2.03. The van der Waals surface area contributed by atoms with Gasteiger partial charge in [-0.25, -0.2) is 4.98 Å². The second-order valence-corrected chi connectivity index (χ2v) is 9.03. The highest BCUT2D eigenvalue weighted by Crippen LogP contribution is 2.59. The molecule has 8 heteroatoms. The molecule has 1 unspecified atom stereocenters. The lowest BCUT2D eigenvalue weighted by atomic mass is 9.90. The van der Waals surface area contributed by atoms with Gasteiger partial charge in [0.25, 0.3) is 11.8 Å². The number of hydrogen-bond donors (Lipinski definition) is 1. The number of aromatic nitrogens is 3. The van der Waals surface area contributed by atoms with Crippen molar-refractivity contribution in [2.24, 2.45) is 11.3 Å². The van der Waals surface area contributed by atoms with E-state index in [0.29, 0.717) is 42.6 Å². The van der Waals surface area contributed by atoms with Crippen LogP contribution >= 0.6 is 0 Å². The number of likely N-dealkylation sites (tertiary alicyclic amines) is 1. The van der Waals surface area contributed by atoms with E-state index in [9.17, 15) is 9.59 Å². The number of furan rings is 1. The number of amides is 2. The molecule has 0 bridgehead atoms. The molecule has 2 aliphatic rings. The van der Waals surface area contributed by atoms with Gasteiger partial charge in [-0.3, -0.25) is 19.6 Å². The number of benzene rings is 1. The van der Waals surface area contributed by atoms with Crippen LogP contribution in [0.2, 0.25) is 0 Å². The maximum atomic E-state index is 13.0. The van der Waals surface area contributed by atoms with Crippen LogP contribution in [0.5, 0.6) is 0 Å². The molecule has 1 N–H and O–H groups in total. The van der Waals surface area contributed by atoms with Crippen LogP contribution in [0.4, 0.5) is 0 Å². The standard InChI is InChI=1S/C25H23N5O3/c31-23(21-11-16-5-8-26-15-22(16)33-21)28-13-17-12-25(17)6-9-30(10-7-25)24(32)20-14-27-18-3-1-2-4-19(18)29-20/h1-5,8,11,14-15,17H,6-7,9-10,12-13H2,(H,28,31). The third-order valence-corrected chi connectivity index (χ3v) is 7.13. The number of nitrogens with one attached hydrogen (secondary N) is 1. The van der Waals surface area contributed by atoms with E-state index in [-0.39, 0.29) is 17.2 Å². The van der Waals surface area contributed by atoms with Crippen molar-refractivity contribution in [3.63, 3.8) is 0 Å². The van der Waals surface area contributed by atoms with Crippen molar-refractivity contribution in [1.82, 2.24) is 25.2 Å². The van der Waals surface area contributed by atoms with Gasteiger partial charge < -0.3 is 14.6 Å². The summed E-state index contributed by atoms with van der Waals surface area (Å²) in [4.78, 5) is 40.2. The van der Waals surface area contributed by atoms with Crippen molar-refractivity contribution in [3.8, 4) is 0 Å². The third kappa shape index (κ3) is 3.61. The Labute approximate surface area is 190 Å². The van der Waals surface area contributed by atoms with E-state index in [1.54, 1.807) is 24.7 Å². The highest BCUT2D eigenvalue weighted by molar-refractivity contribution is 5.96. The molecule has 1 atom stereocenters. The SMILES string of the molecule is O=C(NCC1CC12CCN(C(=O)c1cnc3ccccc3n1)CC2)c1cc2ccncc2o1. The molecule has 2 amide bonds. The zero-order valence-corrected chi connectivity index (χ0v) is 18.0. The first-order valence-corrected chi connectivity index (χ1v) is 11.2. The zero-order chi connectivity index (χ0) is 22.4. The van der Waals surface area contributed by atoms with Crippen LogP contribution in [0.1, 0.15) is 40.3 Å². The minimum atomic E-state index is -0.198. The van der Waals surface area contributed by atoms with E-state index < -0.39 is 0 Å². The fourth-order valence-electron chi connectivity index (χ4n) is 5.01. The van der Waals surface area contributed by atoms with Crippen LogP contribution in [0.15, 0.2) is 59.4 Å².